The van der Waals surface area contributed by atoms with E-state index in [-0.39, 0.29) is 11.1 Å². The molecule has 0 spiro atoms. The van der Waals surface area contributed by atoms with Gasteiger partial charge in [-0.25, -0.2) is 8.78 Å². The molecule has 1 N–H and O–H groups in total. The van der Waals surface area contributed by atoms with Gasteiger partial charge in [0, 0.05) is 11.1 Å². The first-order valence-electron chi connectivity index (χ1n) is 5.33. The second kappa shape index (κ2) is 4.96. The molecule has 0 unspecified atom stereocenters. The van der Waals surface area contributed by atoms with E-state index in [9.17, 15) is 18.7 Å². The maximum atomic E-state index is 13.6. The topological polar surface area (TPSA) is 37.3 Å². The van der Waals surface area contributed by atoms with Crippen molar-refractivity contribution in [3.63, 3.8) is 0 Å². The molecule has 92 valence electrons. The lowest BCUT2D eigenvalue weighted by Gasteiger charge is -2.14. The Balaban J connectivity index is 2.58. The van der Waals surface area contributed by atoms with Gasteiger partial charge in [0.25, 0.3) is 0 Å². The maximum absolute atomic E-state index is 13.6. The van der Waals surface area contributed by atoms with Gasteiger partial charge >= 0.3 is 5.97 Å². The Kier molecular flexibility index (Phi) is 3.37. The smallest absolute Gasteiger partial charge is 0.315 e. The number of carbonyl (C=O) groups is 1. The number of hydrogen-bond donors (Lipinski definition) is 1. The van der Waals surface area contributed by atoms with Crippen molar-refractivity contribution >= 4 is 5.97 Å². The highest BCUT2D eigenvalue weighted by Gasteiger charge is 2.27. The number of aliphatic carboxylic acids is 1. The van der Waals surface area contributed by atoms with Crippen molar-refractivity contribution < 1.29 is 18.7 Å². The lowest BCUT2D eigenvalue weighted by atomic mass is 9.90. The zero-order valence-electron chi connectivity index (χ0n) is 9.31. The van der Waals surface area contributed by atoms with E-state index in [4.69, 9.17) is 0 Å². The molecule has 0 atom stereocenters. The number of carboxylic acids is 1. The van der Waals surface area contributed by atoms with Crippen LogP contribution in [0, 0.1) is 11.6 Å². The SMILES string of the molecule is O=C(O)C(c1ccccc1F)c1ccccc1F. The Morgan fingerprint density at radius 1 is 0.889 bits per heavy atom. The summed E-state index contributed by atoms with van der Waals surface area (Å²) in [5.41, 5.74) is -0.0924. The average molecular weight is 248 g/mol. The molecule has 18 heavy (non-hydrogen) atoms. The summed E-state index contributed by atoms with van der Waals surface area (Å²) < 4.78 is 27.3. The summed E-state index contributed by atoms with van der Waals surface area (Å²) in [6, 6.07) is 11.0. The van der Waals surface area contributed by atoms with Crippen molar-refractivity contribution in [2.45, 2.75) is 5.92 Å². The Morgan fingerprint density at radius 2 is 1.28 bits per heavy atom. The fourth-order valence-electron chi connectivity index (χ4n) is 1.85. The van der Waals surface area contributed by atoms with Gasteiger partial charge in [-0.05, 0) is 12.1 Å². The van der Waals surface area contributed by atoms with Crippen molar-refractivity contribution in [1.29, 1.82) is 0 Å². The van der Waals surface area contributed by atoms with Crippen molar-refractivity contribution in [2.24, 2.45) is 0 Å². The second-order valence-corrected chi connectivity index (χ2v) is 3.81. The summed E-state index contributed by atoms with van der Waals surface area (Å²) in [6.07, 6.45) is 0. The van der Waals surface area contributed by atoms with E-state index in [1.165, 1.54) is 36.4 Å². The standard InChI is InChI=1S/C14H10F2O2/c15-11-7-3-1-5-9(11)13(14(17)18)10-6-2-4-8-12(10)16/h1-8,13H,(H,17,18). The number of benzene rings is 2. The van der Waals surface area contributed by atoms with E-state index in [0.717, 1.165) is 12.1 Å². The zero-order valence-corrected chi connectivity index (χ0v) is 9.31. The van der Waals surface area contributed by atoms with Crippen LogP contribution < -0.4 is 0 Å². The lowest BCUT2D eigenvalue weighted by Crippen LogP contribution is -2.16. The Labute approximate surface area is 103 Å². The highest BCUT2D eigenvalue weighted by molar-refractivity contribution is 5.80. The molecule has 2 nitrogen and oxygen atoms in total. The fraction of sp³-hybridized carbons (Fsp3) is 0.0714. The highest BCUT2D eigenvalue weighted by Crippen LogP contribution is 2.28. The second-order valence-electron chi connectivity index (χ2n) is 3.81. The van der Waals surface area contributed by atoms with E-state index in [2.05, 4.69) is 0 Å². The lowest BCUT2D eigenvalue weighted by molar-refractivity contribution is -0.137. The minimum atomic E-state index is -1.34. The molecule has 0 aliphatic carbocycles. The zero-order chi connectivity index (χ0) is 13.1. The Morgan fingerprint density at radius 3 is 1.61 bits per heavy atom. The van der Waals surface area contributed by atoms with E-state index in [0.29, 0.717) is 0 Å². The summed E-state index contributed by atoms with van der Waals surface area (Å²) in [6.45, 7) is 0. The maximum Gasteiger partial charge on any atom is 0.315 e. The molecule has 0 saturated carbocycles. The Bertz CT molecular complexity index is 536. The van der Waals surface area contributed by atoms with Gasteiger partial charge in [-0.2, -0.15) is 0 Å². The first kappa shape index (κ1) is 12.2. The highest BCUT2D eigenvalue weighted by atomic mass is 19.1. The third kappa shape index (κ3) is 2.22. The molecule has 0 bridgehead atoms. The normalized spacial score (nSPS) is 10.6. The predicted octanol–water partition coefficient (Wildman–Crippen LogP) is 3.18. The molecule has 2 aromatic rings. The van der Waals surface area contributed by atoms with Gasteiger partial charge in [0.05, 0.1) is 0 Å². The molecule has 2 rings (SSSR count). The number of rotatable bonds is 3. The molecule has 0 heterocycles. The molecule has 0 aliphatic rings. The quantitative estimate of drug-likeness (QED) is 0.905. The molecule has 0 aromatic heterocycles. The monoisotopic (exact) mass is 248 g/mol. The van der Waals surface area contributed by atoms with Crippen molar-refractivity contribution in [2.75, 3.05) is 0 Å². The minimum absolute atomic E-state index is 0.0462. The van der Waals surface area contributed by atoms with Crippen LogP contribution in [-0.4, -0.2) is 11.1 Å². The molecule has 0 amide bonds. The van der Waals surface area contributed by atoms with E-state index < -0.39 is 23.5 Å². The van der Waals surface area contributed by atoms with Crippen LogP contribution in [0.2, 0.25) is 0 Å². The largest absolute Gasteiger partial charge is 0.481 e. The van der Waals surface area contributed by atoms with Crippen LogP contribution in [0.25, 0.3) is 0 Å². The summed E-state index contributed by atoms with van der Waals surface area (Å²) >= 11 is 0. The third-order valence-electron chi connectivity index (χ3n) is 2.68. The first-order valence-corrected chi connectivity index (χ1v) is 5.33. The van der Waals surface area contributed by atoms with E-state index in [1.807, 2.05) is 0 Å². The van der Waals surface area contributed by atoms with Crippen LogP contribution in [0.15, 0.2) is 48.5 Å². The van der Waals surface area contributed by atoms with Crippen molar-refractivity contribution in [3.05, 3.63) is 71.3 Å². The van der Waals surface area contributed by atoms with Gasteiger partial charge in [-0.15, -0.1) is 0 Å². The van der Waals surface area contributed by atoms with Crippen LogP contribution in [0.1, 0.15) is 17.0 Å². The summed E-state index contributed by atoms with van der Waals surface area (Å²) in [5.74, 6) is -3.95. The van der Waals surface area contributed by atoms with Crippen LogP contribution in [0.3, 0.4) is 0 Å². The number of halogens is 2. The average Bonchev–Trinajstić information content (AvgIpc) is 2.34. The number of hydrogen-bond acceptors (Lipinski definition) is 1. The molecule has 0 fully saturated rings. The molecule has 2 aromatic carbocycles. The minimum Gasteiger partial charge on any atom is -0.481 e. The van der Waals surface area contributed by atoms with Crippen LogP contribution >= 0.6 is 0 Å². The van der Waals surface area contributed by atoms with Crippen molar-refractivity contribution in [1.82, 2.24) is 0 Å². The van der Waals surface area contributed by atoms with Gasteiger partial charge in [-0.1, -0.05) is 36.4 Å². The summed E-state index contributed by atoms with van der Waals surface area (Å²) in [5, 5.41) is 9.20. The third-order valence-corrected chi connectivity index (χ3v) is 2.68. The van der Waals surface area contributed by atoms with E-state index >= 15 is 0 Å². The van der Waals surface area contributed by atoms with Crippen LogP contribution in [-0.2, 0) is 4.79 Å². The summed E-state index contributed by atoms with van der Waals surface area (Å²) in [4.78, 5) is 11.3. The molecule has 4 heteroatoms. The van der Waals surface area contributed by atoms with Gasteiger partial charge < -0.3 is 5.11 Å². The van der Waals surface area contributed by atoms with Crippen molar-refractivity contribution in [3.8, 4) is 0 Å². The fourth-order valence-corrected chi connectivity index (χ4v) is 1.85. The van der Waals surface area contributed by atoms with Crippen LogP contribution in [0.4, 0.5) is 8.78 Å². The molecular weight excluding hydrogens is 238 g/mol. The molecule has 0 aliphatic heterocycles. The van der Waals surface area contributed by atoms with Gasteiger partial charge in [0.15, 0.2) is 0 Å². The van der Waals surface area contributed by atoms with E-state index in [1.54, 1.807) is 0 Å². The van der Waals surface area contributed by atoms with Crippen LogP contribution in [0.5, 0.6) is 0 Å². The molecule has 0 radical (unpaired) electrons. The van der Waals surface area contributed by atoms with Gasteiger partial charge in [0.2, 0.25) is 0 Å². The van der Waals surface area contributed by atoms with Gasteiger partial charge in [-0.3, -0.25) is 4.79 Å². The Hall–Kier alpha value is -2.23. The molecular formula is C14H10F2O2. The number of carboxylic acid groups (broad SMARTS) is 1. The van der Waals surface area contributed by atoms with Gasteiger partial charge in [0.1, 0.15) is 17.6 Å². The predicted molar refractivity (Wildman–Crippen MR) is 62.3 cm³/mol. The first-order chi connectivity index (χ1) is 8.61. The molecule has 0 saturated heterocycles. The summed E-state index contributed by atoms with van der Waals surface area (Å²) in [7, 11) is 0.